The number of nitrogens with one attached hydrogen (secondary N) is 2. The fourth-order valence-electron chi connectivity index (χ4n) is 3.04. The number of rotatable bonds is 3. The van der Waals surface area contributed by atoms with Gasteiger partial charge >= 0.3 is 0 Å². The molecule has 1 aliphatic rings. The number of amides is 1. The van der Waals surface area contributed by atoms with Gasteiger partial charge in [-0.15, -0.1) is 0 Å². The second-order valence-corrected chi connectivity index (χ2v) is 7.00. The zero-order valence-electron chi connectivity index (χ0n) is 14.8. The average Bonchev–Trinajstić information content (AvgIpc) is 3.29. The molecule has 4 rings (SSSR count). The molecule has 3 aromatic rings. The third-order valence-electron chi connectivity index (χ3n) is 4.25. The maximum atomic E-state index is 12.3. The predicted octanol–water partition coefficient (Wildman–Crippen LogP) is 1.75. The molecule has 9 heteroatoms. The van der Waals surface area contributed by atoms with E-state index in [1.807, 2.05) is 6.20 Å². The molecule has 3 N–H and O–H groups in total. The molecule has 0 bridgehead atoms. The Morgan fingerprint density at radius 1 is 1.38 bits per heavy atom. The van der Waals surface area contributed by atoms with Gasteiger partial charge in [0.05, 0.1) is 22.7 Å². The van der Waals surface area contributed by atoms with Gasteiger partial charge in [-0.05, 0) is 30.9 Å². The van der Waals surface area contributed by atoms with E-state index < -0.39 is 0 Å². The summed E-state index contributed by atoms with van der Waals surface area (Å²) in [5.74, 6) is 0.258. The van der Waals surface area contributed by atoms with Crippen LogP contribution in [-0.4, -0.2) is 51.0 Å². The Hall–Kier alpha value is -2.36. The van der Waals surface area contributed by atoms with Crippen LogP contribution in [0.3, 0.4) is 0 Å². The van der Waals surface area contributed by atoms with E-state index in [0.29, 0.717) is 16.6 Å². The van der Waals surface area contributed by atoms with Gasteiger partial charge in [-0.3, -0.25) is 19.8 Å². The maximum absolute atomic E-state index is 12.3. The van der Waals surface area contributed by atoms with Gasteiger partial charge in [0.15, 0.2) is 5.13 Å². The number of pyridine rings is 1. The second-order valence-electron chi connectivity index (χ2n) is 6.00. The van der Waals surface area contributed by atoms with Gasteiger partial charge in [0.25, 0.3) is 5.91 Å². The molecule has 1 unspecified atom stereocenters. The summed E-state index contributed by atoms with van der Waals surface area (Å²) in [4.78, 5) is 21.1. The van der Waals surface area contributed by atoms with Crippen LogP contribution in [0.1, 0.15) is 34.7 Å². The van der Waals surface area contributed by atoms with Gasteiger partial charge in [-0.2, -0.15) is 5.10 Å². The fourth-order valence-corrected chi connectivity index (χ4v) is 4.06. The van der Waals surface area contributed by atoms with Crippen molar-refractivity contribution in [3.63, 3.8) is 0 Å². The normalized spacial score (nSPS) is 16.8. The number of piperidine rings is 1. The molecule has 0 aliphatic carbocycles. The predicted molar refractivity (Wildman–Crippen MR) is 102 cm³/mol. The van der Waals surface area contributed by atoms with Crippen molar-refractivity contribution >= 4 is 32.6 Å². The molecule has 26 heavy (non-hydrogen) atoms. The summed E-state index contributed by atoms with van der Waals surface area (Å²) in [6.45, 7) is 2.05. The van der Waals surface area contributed by atoms with Crippen molar-refractivity contribution in [2.75, 3.05) is 25.5 Å². The largest absolute Gasteiger partial charge is 0.400 e. The lowest BCUT2D eigenvalue weighted by atomic mass is 9.93. The molecule has 1 amide bonds. The number of thiazole rings is 1. The first-order valence-corrected chi connectivity index (χ1v) is 9.22. The van der Waals surface area contributed by atoms with Gasteiger partial charge in [0.1, 0.15) is 5.52 Å². The molecule has 0 saturated carbocycles. The molecule has 1 atom stereocenters. The molecule has 0 radical (unpaired) electrons. The molecule has 1 fully saturated rings. The van der Waals surface area contributed by atoms with E-state index in [1.165, 1.54) is 23.3 Å². The summed E-state index contributed by atoms with van der Waals surface area (Å²) in [5, 5.41) is 17.9. The quantitative estimate of drug-likeness (QED) is 0.645. The number of aromatic nitrogens is 4. The highest BCUT2D eigenvalue weighted by molar-refractivity contribution is 7.22. The minimum atomic E-state index is -0.198. The third kappa shape index (κ3) is 3.90. The van der Waals surface area contributed by atoms with Crippen LogP contribution in [-0.2, 0) is 7.05 Å². The topological polar surface area (TPSA) is 105 Å². The standard InChI is InChI=1S/C16H18N6OS.CH4O/c1-22-9-11(6-19-22)15(23)21-16-20-13-8-18-7-12(14(13)24-16)10-3-2-4-17-5-10;1-2/h6-10,17H,2-5H2,1H3,(H,20,21,23);2H,1H3. The van der Waals surface area contributed by atoms with Crippen LogP contribution >= 0.6 is 11.3 Å². The van der Waals surface area contributed by atoms with Crippen molar-refractivity contribution in [3.8, 4) is 0 Å². The van der Waals surface area contributed by atoms with Crippen LogP contribution in [0.15, 0.2) is 24.8 Å². The minimum absolute atomic E-state index is 0.198. The first-order valence-electron chi connectivity index (χ1n) is 8.40. The van der Waals surface area contributed by atoms with Gasteiger partial charge in [-0.1, -0.05) is 11.3 Å². The molecular weight excluding hydrogens is 352 g/mol. The van der Waals surface area contributed by atoms with Crippen LogP contribution in [0.2, 0.25) is 0 Å². The van der Waals surface area contributed by atoms with Crippen molar-refractivity contribution in [3.05, 3.63) is 35.9 Å². The molecule has 8 nitrogen and oxygen atoms in total. The summed E-state index contributed by atoms with van der Waals surface area (Å²) in [7, 11) is 2.78. The smallest absolute Gasteiger partial charge is 0.260 e. The number of aliphatic hydroxyl groups is 1. The van der Waals surface area contributed by atoms with Crippen LogP contribution in [0.4, 0.5) is 5.13 Å². The van der Waals surface area contributed by atoms with Gasteiger partial charge in [0.2, 0.25) is 0 Å². The molecular formula is C17H22N6O2S. The van der Waals surface area contributed by atoms with E-state index in [2.05, 4.69) is 25.7 Å². The van der Waals surface area contributed by atoms with E-state index in [1.54, 1.807) is 30.3 Å². The molecule has 4 heterocycles. The van der Waals surface area contributed by atoms with Crippen LogP contribution in [0.5, 0.6) is 0 Å². The first kappa shape index (κ1) is 18.4. The Kier molecular flexibility index (Phi) is 5.92. The number of nitrogens with zero attached hydrogens (tertiary/aromatic N) is 4. The lowest BCUT2D eigenvalue weighted by molar-refractivity contribution is 0.102. The maximum Gasteiger partial charge on any atom is 0.260 e. The number of aryl methyl sites for hydroxylation is 1. The monoisotopic (exact) mass is 374 g/mol. The highest BCUT2D eigenvalue weighted by Crippen LogP contribution is 2.34. The number of aliphatic hydroxyl groups excluding tert-OH is 1. The van der Waals surface area contributed by atoms with Crippen LogP contribution in [0.25, 0.3) is 10.2 Å². The fraction of sp³-hybridized carbons (Fsp3) is 0.412. The second kappa shape index (κ2) is 8.35. The average molecular weight is 374 g/mol. The molecule has 1 aliphatic heterocycles. The summed E-state index contributed by atoms with van der Waals surface area (Å²) in [5.41, 5.74) is 2.58. The van der Waals surface area contributed by atoms with Gasteiger partial charge < -0.3 is 10.4 Å². The number of anilines is 1. The highest BCUT2D eigenvalue weighted by Gasteiger charge is 2.20. The van der Waals surface area contributed by atoms with E-state index in [0.717, 1.165) is 36.8 Å². The minimum Gasteiger partial charge on any atom is -0.400 e. The zero-order valence-corrected chi connectivity index (χ0v) is 15.6. The van der Waals surface area contributed by atoms with E-state index in [9.17, 15) is 4.79 Å². The molecule has 0 aromatic carbocycles. The Bertz CT molecular complexity index is 884. The van der Waals surface area contributed by atoms with Crippen molar-refractivity contribution in [1.82, 2.24) is 25.1 Å². The lowest BCUT2D eigenvalue weighted by Gasteiger charge is -2.22. The SMILES string of the molecule is CO.Cn1cc(C(=O)Nc2nc3cncc(C4CCCNC4)c3s2)cn1. The molecule has 1 saturated heterocycles. The van der Waals surface area contributed by atoms with E-state index in [4.69, 9.17) is 5.11 Å². The van der Waals surface area contributed by atoms with Gasteiger partial charge in [0, 0.05) is 33.1 Å². The Labute approximate surface area is 155 Å². The van der Waals surface area contributed by atoms with Gasteiger partial charge in [-0.25, -0.2) is 4.98 Å². The number of hydrogen-bond acceptors (Lipinski definition) is 7. The van der Waals surface area contributed by atoms with E-state index in [-0.39, 0.29) is 5.91 Å². The van der Waals surface area contributed by atoms with E-state index >= 15 is 0 Å². The first-order chi connectivity index (χ1) is 12.7. The van der Waals surface area contributed by atoms with Crippen molar-refractivity contribution in [2.24, 2.45) is 7.05 Å². The molecule has 3 aromatic heterocycles. The summed E-state index contributed by atoms with van der Waals surface area (Å²) >= 11 is 1.51. The third-order valence-corrected chi connectivity index (χ3v) is 5.29. The summed E-state index contributed by atoms with van der Waals surface area (Å²) < 4.78 is 2.71. The Morgan fingerprint density at radius 3 is 2.92 bits per heavy atom. The summed E-state index contributed by atoms with van der Waals surface area (Å²) in [6, 6.07) is 0. The number of carbonyl (C=O) groups is 1. The number of hydrogen-bond donors (Lipinski definition) is 3. The van der Waals surface area contributed by atoms with Crippen molar-refractivity contribution < 1.29 is 9.90 Å². The number of fused-ring (bicyclic) bond motifs is 1. The summed E-state index contributed by atoms with van der Waals surface area (Å²) in [6.07, 6.45) is 9.25. The lowest BCUT2D eigenvalue weighted by Crippen LogP contribution is -2.28. The highest BCUT2D eigenvalue weighted by atomic mass is 32.1. The molecule has 0 spiro atoms. The Morgan fingerprint density at radius 2 is 2.23 bits per heavy atom. The van der Waals surface area contributed by atoms with Crippen molar-refractivity contribution in [1.29, 1.82) is 0 Å². The van der Waals surface area contributed by atoms with Crippen LogP contribution < -0.4 is 10.6 Å². The zero-order chi connectivity index (χ0) is 18.5. The van der Waals surface area contributed by atoms with Crippen molar-refractivity contribution in [2.45, 2.75) is 18.8 Å². The van der Waals surface area contributed by atoms with Crippen LogP contribution in [0, 0.1) is 0 Å². The number of carbonyl (C=O) groups excluding carboxylic acids is 1. The molecule has 138 valence electrons. The Balaban J connectivity index is 0.000000948.